The number of benzene rings is 3. The molecule has 3 aromatic rings. The molecule has 0 radical (unpaired) electrons. The molecular weight excluding hydrogens is 478 g/mol. The van der Waals surface area contributed by atoms with Crippen molar-refractivity contribution in [2.24, 2.45) is 0 Å². The van der Waals surface area contributed by atoms with E-state index in [4.69, 9.17) is 9.47 Å². The third-order valence-corrected chi connectivity index (χ3v) is 5.96. The number of carboxylic acids is 1. The number of hydrogen-bond acceptors (Lipinski definition) is 4. The molecule has 0 saturated heterocycles. The van der Waals surface area contributed by atoms with Crippen LogP contribution in [0.15, 0.2) is 66.7 Å². The Labute approximate surface area is 227 Å². The molecule has 0 saturated carbocycles. The Morgan fingerprint density at radius 3 is 2.16 bits per heavy atom. The van der Waals surface area contributed by atoms with Gasteiger partial charge in [0.25, 0.3) is 5.91 Å². The van der Waals surface area contributed by atoms with Crippen LogP contribution >= 0.6 is 0 Å². The number of ether oxygens (including phenoxy) is 2. The summed E-state index contributed by atoms with van der Waals surface area (Å²) >= 11 is 0. The second kappa shape index (κ2) is 14.9. The number of carboxylic acid groups (broad SMARTS) is 1. The molecule has 6 nitrogen and oxygen atoms in total. The summed E-state index contributed by atoms with van der Waals surface area (Å²) in [4.78, 5) is 24.4. The van der Waals surface area contributed by atoms with Crippen molar-refractivity contribution >= 4 is 11.9 Å². The number of carbonyl (C=O) groups excluding carboxylic acids is 1. The fourth-order valence-electron chi connectivity index (χ4n) is 4.18. The van der Waals surface area contributed by atoms with E-state index < -0.39 is 12.1 Å². The summed E-state index contributed by atoms with van der Waals surface area (Å²) in [7, 11) is 1.57. The Morgan fingerprint density at radius 1 is 0.921 bits per heavy atom. The number of methoxy groups -OCH3 is 1. The minimum Gasteiger partial charge on any atom is -0.496 e. The number of nitrogens with one attached hydrogen (secondary N) is 1. The van der Waals surface area contributed by atoms with Crippen LogP contribution in [-0.2, 0) is 22.5 Å². The van der Waals surface area contributed by atoms with Crippen molar-refractivity contribution < 1.29 is 24.2 Å². The lowest BCUT2D eigenvalue weighted by molar-refractivity contribution is -0.153. The second-order valence-electron chi connectivity index (χ2n) is 9.36. The van der Waals surface area contributed by atoms with E-state index in [-0.39, 0.29) is 25.0 Å². The predicted octanol–water partition coefficient (Wildman–Crippen LogP) is 6.86. The fourth-order valence-corrected chi connectivity index (χ4v) is 4.18. The van der Waals surface area contributed by atoms with Crippen molar-refractivity contribution in [2.75, 3.05) is 7.11 Å². The number of rotatable bonds is 11. The van der Waals surface area contributed by atoms with E-state index in [0.29, 0.717) is 17.2 Å². The molecule has 3 aromatic carbocycles. The first kappa shape index (κ1) is 30.6. The van der Waals surface area contributed by atoms with Crippen LogP contribution in [-0.4, -0.2) is 36.3 Å². The molecule has 1 atom stereocenters. The van der Waals surface area contributed by atoms with Crippen LogP contribution in [0.1, 0.15) is 74.5 Å². The first-order valence-electron chi connectivity index (χ1n) is 13.2. The van der Waals surface area contributed by atoms with Crippen molar-refractivity contribution in [1.29, 1.82) is 0 Å². The topological polar surface area (TPSA) is 84.9 Å². The summed E-state index contributed by atoms with van der Waals surface area (Å²) in [5.74, 6) is -0.180. The van der Waals surface area contributed by atoms with Gasteiger partial charge < -0.3 is 19.9 Å². The van der Waals surface area contributed by atoms with Gasteiger partial charge in [0.15, 0.2) is 6.10 Å². The summed E-state index contributed by atoms with van der Waals surface area (Å²) < 4.78 is 11.0. The van der Waals surface area contributed by atoms with Crippen LogP contribution in [0.5, 0.6) is 5.75 Å². The molecule has 0 aliphatic heterocycles. The minimum atomic E-state index is -1.01. The zero-order chi connectivity index (χ0) is 28.2. The van der Waals surface area contributed by atoms with Gasteiger partial charge in [-0.05, 0) is 60.2 Å². The largest absolute Gasteiger partial charge is 0.496 e. The van der Waals surface area contributed by atoms with Gasteiger partial charge in [0.1, 0.15) is 5.75 Å². The molecule has 6 heteroatoms. The maximum atomic E-state index is 12.9. The van der Waals surface area contributed by atoms with Crippen LogP contribution in [0, 0.1) is 0 Å². The molecule has 0 fully saturated rings. The number of amides is 1. The van der Waals surface area contributed by atoms with Crippen LogP contribution in [0.4, 0.5) is 0 Å². The third-order valence-electron chi connectivity index (χ3n) is 5.96. The van der Waals surface area contributed by atoms with Crippen molar-refractivity contribution in [3.05, 3.63) is 89.0 Å². The molecule has 2 N–H and O–H groups in total. The van der Waals surface area contributed by atoms with Crippen molar-refractivity contribution in [3.8, 4) is 16.9 Å². The Kier molecular flexibility index (Phi) is 12.0. The van der Waals surface area contributed by atoms with Gasteiger partial charge >= 0.3 is 5.97 Å². The van der Waals surface area contributed by atoms with Gasteiger partial charge in [0.2, 0.25) is 0 Å². The van der Waals surface area contributed by atoms with Crippen molar-refractivity contribution in [1.82, 2.24) is 5.32 Å². The van der Waals surface area contributed by atoms with Gasteiger partial charge in [0, 0.05) is 24.1 Å². The van der Waals surface area contributed by atoms with Crippen LogP contribution in [0.2, 0.25) is 0 Å². The summed E-state index contributed by atoms with van der Waals surface area (Å²) in [6.07, 6.45) is -0.925. The molecule has 0 heterocycles. The van der Waals surface area contributed by atoms with E-state index in [0.717, 1.165) is 16.7 Å². The van der Waals surface area contributed by atoms with E-state index in [1.807, 2.05) is 62.4 Å². The number of hydrogen-bond donors (Lipinski definition) is 2. The monoisotopic (exact) mass is 519 g/mol. The Morgan fingerprint density at radius 2 is 1.58 bits per heavy atom. The van der Waals surface area contributed by atoms with Crippen LogP contribution in [0.25, 0.3) is 11.1 Å². The second-order valence-corrected chi connectivity index (χ2v) is 9.36. The van der Waals surface area contributed by atoms with E-state index in [9.17, 15) is 14.7 Å². The molecule has 1 amide bonds. The quantitative estimate of drug-likeness (QED) is 0.289. The predicted molar refractivity (Wildman–Crippen MR) is 153 cm³/mol. The van der Waals surface area contributed by atoms with E-state index in [2.05, 4.69) is 31.3 Å². The normalized spacial score (nSPS) is 11.5. The maximum Gasteiger partial charge on any atom is 0.333 e. The number of aliphatic carboxylic acids is 1. The van der Waals surface area contributed by atoms with Gasteiger partial charge in [0.05, 0.1) is 13.2 Å². The summed E-state index contributed by atoms with van der Waals surface area (Å²) in [5, 5.41) is 12.4. The lowest BCUT2D eigenvalue weighted by atomic mass is 9.92. The molecule has 0 spiro atoms. The Bertz CT molecular complexity index is 1180. The van der Waals surface area contributed by atoms with Crippen molar-refractivity contribution in [3.63, 3.8) is 0 Å². The summed E-state index contributed by atoms with van der Waals surface area (Å²) in [5.41, 5.74) is 5.63. The third kappa shape index (κ3) is 8.45. The smallest absolute Gasteiger partial charge is 0.333 e. The SMILES string of the molecule is CC.COc1ccc(CC(OC(C)C)C(=O)O)cc1CNC(=O)c1ccc(-c2ccccc2C(C)C)cc1. The molecule has 0 bridgehead atoms. The molecule has 3 rings (SSSR count). The van der Waals surface area contributed by atoms with Gasteiger partial charge in [-0.15, -0.1) is 0 Å². The van der Waals surface area contributed by atoms with E-state index in [1.165, 1.54) is 11.1 Å². The van der Waals surface area contributed by atoms with Crippen LogP contribution in [0.3, 0.4) is 0 Å². The molecule has 38 heavy (non-hydrogen) atoms. The zero-order valence-corrected chi connectivity index (χ0v) is 23.6. The van der Waals surface area contributed by atoms with Gasteiger partial charge in [-0.3, -0.25) is 4.79 Å². The highest BCUT2D eigenvalue weighted by molar-refractivity contribution is 5.94. The van der Waals surface area contributed by atoms with Gasteiger partial charge in [-0.25, -0.2) is 4.79 Å². The lowest BCUT2D eigenvalue weighted by Gasteiger charge is -2.18. The molecular formula is C32H41NO5. The maximum absolute atomic E-state index is 12.9. The molecule has 204 valence electrons. The molecule has 0 aromatic heterocycles. The van der Waals surface area contributed by atoms with E-state index in [1.54, 1.807) is 27.0 Å². The Balaban J connectivity index is 0.00000247. The van der Waals surface area contributed by atoms with Gasteiger partial charge in [-0.1, -0.05) is 76.2 Å². The minimum absolute atomic E-state index is 0.197. The molecule has 0 aliphatic rings. The van der Waals surface area contributed by atoms with Gasteiger partial charge in [-0.2, -0.15) is 0 Å². The molecule has 0 aliphatic carbocycles. The first-order valence-corrected chi connectivity index (χ1v) is 13.2. The average molecular weight is 520 g/mol. The lowest BCUT2D eigenvalue weighted by Crippen LogP contribution is -2.29. The summed E-state index contributed by atoms with van der Waals surface area (Å²) in [6.45, 7) is 12.2. The Hall–Kier alpha value is -3.64. The van der Waals surface area contributed by atoms with Crippen LogP contribution < -0.4 is 10.1 Å². The zero-order valence-electron chi connectivity index (χ0n) is 23.6. The number of carbonyl (C=O) groups is 2. The average Bonchev–Trinajstić information content (AvgIpc) is 2.92. The fraction of sp³-hybridized carbons (Fsp3) is 0.375. The highest BCUT2D eigenvalue weighted by atomic mass is 16.5. The standard InChI is InChI=1S/C30H35NO5.C2H6/c1-19(2)25-8-6-7-9-26(25)22-11-13-23(14-12-22)29(32)31-18-24-16-21(10-15-27(24)35-5)17-28(30(33)34)36-20(3)4;1-2/h6-16,19-20,28H,17-18H2,1-5H3,(H,31,32)(H,33,34);1-2H3. The molecule has 1 unspecified atom stereocenters. The highest BCUT2D eigenvalue weighted by Gasteiger charge is 2.21. The summed E-state index contributed by atoms with van der Waals surface area (Å²) in [6, 6.07) is 21.4. The van der Waals surface area contributed by atoms with Crippen molar-refractivity contribution in [2.45, 2.75) is 72.6 Å². The highest BCUT2D eigenvalue weighted by Crippen LogP contribution is 2.29. The first-order chi connectivity index (χ1) is 18.2. The van der Waals surface area contributed by atoms with E-state index >= 15 is 0 Å².